The second-order valence-electron chi connectivity index (χ2n) is 9.85. The minimum atomic E-state index is -4.73. The molecule has 41 heavy (non-hydrogen) atoms. The molecule has 0 unspecified atom stereocenters. The van der Waals surface area contributed by atoms with E-state index in [1.807, 2.05) is 23.2 Å². The summed E-state index contributed by atoms with van der Waals surface area (Å²) in [7, 11) is 0. The van der Waals surface area contributed by atoms with Crippen molar-refractivity contribution in [2.24, 2.45) is 5.73 Å². The Labute approximate surface area is 247 Å². The quantitative estimate of drug-likeness (QED) is 0.246. The normalized spacial score (nSPS) is 14.2. The van der Waals surface area contributed by atoms with E-state index in [1.165, 1.54) is 12.1 Å². The van der Waals surface area contributed by atoms with Crippen LogP contribution in [-0.4, -0.2) is 59.4 Å². The molecule has 2 heterocycles. The number of alkyl halides is 3. The van der Waals surface area contributed by atoms with Gasteiger partial charge >= 0.3 is 6.36 Å². The van der Waals surface area contributed by atoms with Crippen molar-refractivity contribution < 1.29 is 22.7 Å². The molecule has 2 N–H and O–H groups in total. The maximum Gasteiger partial charge on any atom is 0.573 e. The molecule has 0 bridgehead atoms. The molecular formula is C30H31Cl2F3N4O2. The lowest BCUT2D eigenvalue weighted by atomic mass is 10.0. The summed E-state index contributed by atoms with van der Waals surface area (Å²) in [6.07, 6.45) is -1.90. The van der Waals surface area contributed by atoms with Gasteiger partial charge in [-0.1, -0.05) is 41.9 Å². The molecule has 6 nitrogen and oxygen atoms in total. The van der Waals surface area contributed by atoms with Crippen LogP contribution in [0.25, 0.3) is 22.0 Å². The summed E-state index contributed by atoms with van der Waals surface area (Å²) in [5, 5.41) is 1.48. The molecule has 5 rings (SSSR count). The molecule has 1 amide bonds. The Kier molecular flexibility index (Phi) is 9.86. The number of benzene rings is 3. The first-order chi connectivity index (χ1) is 19.2. The van der Waals surface area contributed by atoms with E-state index < -0.39 is 6.36 Å². The SMILES string of the molecule is Cl.NCCCn1cc(-c2ccc(OC(F)(F)F)cc2)c2cc(CN3CCN(C(=O)c4ccccc4Cl)CC3)ccc21. The van der Waals surface area contributed by atoms with E-state index in [0.29, 0.717) is 30.2 Å². The van der Waals surface area contributed by atoms with E-state index in [2.05, 4.69) is 32.4 Å². The van der Waals surface area contributed by atoms with Crippen LogP contribution in [0.4, 0.5) is 13.2 Å². The highest BCUT2D eigenvalue weighted by Crippen LogP contribution is 2.34. The zero-order valence-corrected chi connectivity index (χ0v) is 23.8. The first-order valence-corrected chi connectivity index (χ1v) is 13.5. The number of carbonyl (C=O) groups is 1. The van der Waals surface area contributed by atoms with Crippen LogP contribution in [0.1, 0.15) is 22.3 Å². The highest BCUT2D eigenvalue weighted by Gasteiger charge is 2.31. The second kappa shape index (κ2) is 13.2. The number of carbonyl (C=O) groups excluding carboxylic acids is 1. The van der Waals surface area contributed by atoms with Gasteiger partial charge in [0.15, 0.2) is 0 Å². The summed E-state index contributed by atoms with van der Waals surface area (Å²) in [5.74, 6) is -0.308. The van der Waals surface area contributed by atoms with Crippen molar-refractivity contribution in [3.8, 4) is 16.9 Å². The molecule has 0 saturated carbocycles. The van der Waals surface area contributed by atoms with Gasteiger partial charge in [-0.2, -0.15) is 0 Å². The van der Waals surface area contributed by atoms with Crippen molar-refractivity contribution in [2.75, 3.05) is 32.7 Å². The Bertz CT molecular complexity index is 1480. The number of hydrogen-bond acceptors (Lipinski definition) is 4. The van der Waals surface area contributed by atoms with Gasteiger partial charge < -0.3 is 19.9 Å². The Morgan fingerprint density at radius 1 is 0.976 bits per heavy atom. The fraction of sp³-hybridized carbons (Fsp3) is 0.300. The van der Waals surface area contributed by atoms with Gasteiger partial charge in [-0.15, -0.1) is 25.6 Å². The van der Waals surface area contributed by atoms with Gasteiger partial charge in [-0.05, 0) is 60.5 Å². The Morgan fingerprint density at radius 2 is 1.68 bits per heavy atom. The third-order valence-electron chi connectivity index (χ3n) is 7.12. The molecule has 11 heteroatoms. The Hall–Kier alpha value is -3.24. The minimum absolute atomic E-state index is 0. The molecule has 0 spiro atoms. The third-order valence-corrected chi connectivity index (χ3v) is 7.45. The zero-order valence-electron chi connectivity index (χ0n) is 22.2. The van der Waals surface area contributed by atoms with Crippen molar-refractivity contribution in [2.45, 2.75) is 25.9 Å². The topological polar surface area (TPSA) is 63.7 Å². The molecule has 1 fully saturated rings. The van der Waals surface area contributed by atoms with Crippen molar-refractivity contribution in [3.05, 3.63) is 89.1 Å². The minimum Gasteiger partial charge on any atom is -0.406 e. The van der Waals surface area contributed by atoms with Crippen molar-refractivity contribution >= 4 is 40.8 Å². The molecule has 1 aromatic heterocycles. The van der Waals surface area contributed by atoms with Gasteiger partial charge in [0.2, 0.25) is 0 Å². The predicted octanol–water partition coefficient (Wildman–Crippen LogP) is 6.59. The number of ether oxygens (including phenoxy) is 1. The molecule has 1 aliphatic rings. The van der Waals surface area contributed by atoms with Crippen LogP contribution >= 0.6 is 24.0 Å². The Balaban J connectivity index is 0.00000387. The largest absolute Gasteiger partial charge is 0.573 e. The van der Waals surface area contributed by atoms with Gasteiger partial charge in [-0.25, -0.2) is 0 Å². The number of aromatic nitrogens is 1. The maximum atomic E-state index is 12.9. The number of piperazine rings is 1. The summed E-state index contributed by atoms with van der Waals surface area (Å²) < 4.78 is 44.0. The predicted molar refractivity (Wildman–Crippen MR) is 158 cm³/mol. The van der Waals surface area contributed by atoms with Gasteiger partial charge in [0.05, 0.1) is 10.6 Å². The van der Waals surface area contributed by atoms with Crippen molar-refractivity contribution in [1.82, 2.24) is 14.4 Å². The van der Waals surface area contributed by atoms with Crippen LogP contribution in [0.2, 0.25) is 5.02 Å². The average Bonchev–Trinajstić information content (AvgIpc) is 3.29. The summed E-state index contributed by atoms with van der Waals surface area (Å²) in [6, 6.07) is 19.4. The molecular weight excluding hydrogens is 576 g/mol. The van der Waals surface area contributed by atoms with Crippen LogP contribution in [0.15, 0.2) is 72.9 Å². The van der Waals surface area contributed by atoms with Gasteiger partial charge in [-0.3, -0.25) is 9.69 Å². The lowest BCUT2D eigenvalue weighted by Crippen LogP contribution is -2.48. The highest BCUT2D eigenvalue weighted by molar-refractivity contribution is 6.33. The number of rotatable bonds is 8. The molecule has 3 aromatic carbocycles. The molecule has 0 aliphatic carbocycles. The number of halogens is 5. The van der Waals surface area contributed by atoms with Crippen LogP contribution < -0.4 is 10.5 Å². The van der Waals surface area contributed by atoms with Crippen LogP contribution in [-0.2, 0) is 13.1 Å². The van der Waals surface area contributed by atoms with Gasteiger partial charge in [0.1, 0.15) is 5.75 Å². The number of nitrogens with two attached hydrogens (primary N) is 1. The summed E-state index contributed by atoms with van der Waals surface area (Å²) in [4.78, 5) is 17.1. The summed E-state index contributed by atoms with van der Waals surface area (Å²) >= 11 is 6.22. The highest BCUT2D eigenvalue weighted by atomic mass is 35.5. The number of hydrogen-bond donors (Lipinski definition) is 1. The molecule has 4 aromatic rings. The number of amides is 1. The molecule has 1 saturated heterocycles. The monoisotopic (exact) mass is 606 g/mol. The summed E-state index contributed by atoms with van der Waals surface area (Å²) in [6.45, 7) is 4.71. The molecule has 1 aliphatic heterocycles. The summed E-state index contributed by atoms with van der Waals surface area (Å²) in [5.41, 5.74) is 10.2. The standard InChI is InChI=1S/C30H30ClF3N4O2.ClH/c31-27-5-2-1-4-24(27)29(39)37-16-14-36(15-17-37)19-21-6-11-28-25(18-21)26(20-38(28)13-3-12-35)22-7-9-23(10-8-22)40-30(32,33)34;/h1-2,4-11,18,20H,3,12-17,19,35H2;1H. The second-order valence-corrected chi connectivity index (χ2v) is 10.3. The van der Waals surface area contributed by atoms with E-state index in [4.69, 9.17) is 17.3 Å². The zero-order chi connectivity index (χ0) is 28.3. The van der Waals surface area contributed by atoms with E-state index in [1.54, 1.807) is 24.3 Å². The van der Waals surface area contributed by atoms with Crippen molar-refractivity contribution in [3.63, 3.8) is 0 Å². The third kappa shape index (κ3) is 7.35. The first kappa shape index (κ1) is 30.7. The Morgan fingerprint density at radius 3 is 2.34 bits per heavy atom. The van der Waals surface area contributed by atoms with E-state index in [0.717, 1.165) is 60.2 Å². The van der Waals surface area contributed by atoms with Crippen LogP contribution in [0, 0.1) is 0 Å². The van der Waals surface area contributed by atoms with E-state index in [9.17, 15) is 18.0 Å². The van der Waals surface area contributed by atoms with Crippen LogP contribution in [0.3, 0.4) is 0 Å². The van der Waals surface area contributed by atoms with E-state index in [-0.39, 0.29) is 24.1 Å². The smallest absolute Gasteiger partial charge is 0.406 e. The number of nitrogens with zero attached hydrogens (tertiary/aromatic N) is 3. The fourth-order valence-corrected chi connectivity index (χ4v) is 5.34. The van der Waals surface area contributed by atoms with Gasteiger partial charge in [0.25, 0.3) is 5.91 Å². The molecule has 0 atom stereocenters. The lowest BCUT2D eigenvalue weighted by Gasteiger charge is -2.35. The molecule has 218 valence electrons. The lowest BCUT2D eigenvalue weighted by molar-refractivity contribution is -0.274. The van der Waals surface area contributed by atoms with Crippen LogP contribution in [0.5, 0.6) is 5.75 Å². The van der Waals surface area contributed by atoms with Crippen molar-refractivity contribution in [1.29, 1.82) is 0 Å². The van der Waals surface area contributed by atoms with E-state index >= 15 is 0 Å². The fourth-order valence-electron chi connectivity index (χ4n) is 5.13. The average molecular weight is 608 g/mol. The number of fused-ring (bicyclic) bond motifs is 1. The molecule has 0 radical (unpaired) electrons. The van der Waals surface area contributed by atoms with Gasteiger partial charge in [0, 0.05) is 61.9 Å². The first-order valence-electron chi connectivity index (χ1n) is 13.2. The maximum absolute atomic E-state index is 12.9. The number of aryl methyl sites for hydroxylation is 1.